The van der Waals surface area contributed by atoms with Crippen LogP contribution in [0.15, 0.2) is 53.3 Å². The van der Waals surface area contributed by atoms with Crippen LogP contribution in [-0.2, 0) is 5.75 Å². The first kappa shape index (κ1) is 26.5. The van der Waals surface area contributed by atoms with Crippen molar-refractivity contribution in [2.45, 2.75) is 63.9 Å². The molecular weight excluding hydrogens is 548 g/mol. The zero-order chi connectivity index (χ0) is 27.4. The molecule has 4 heterocycles. The standard InChI is InChI=1S/C29H31ClN6OS2/c1-18-5-6-20(30)11-23(18)36-25(19-7-9-31-10-8-19)33-34-27(36)39-15-24-32-22(14-38-24)26(37)35-17-29(4)13-21(35)12-28(2,3)16-29/h5-11,14,21H,12-13,15-17H2,1-4H3. The Hall–Kier alpha value is -2.75. The van der Waals surface area contributed by atoms with Crippen molar-refractivity contribution < 1.29 is 4.79 Å². The topological polar surface area (TPSA) is 76.8 Å². The van der Waals surface area contributed by atoms with E-state index in [1.54, 1.807) is 24.2 Å². The third kappa shape index (κ3) is 5.24. The summed E-state index contributed by atoms with van der Waals surface area (Å²) in [5.74, 6) is 1.36. The second-order valence-corrected chi connectivity index (χ2v) is 14.2. The monoisotopic (exact) mass is 578 g/mol. The Kier molecular flexibility index (Phi) is 6.80. The Morgan fingerprint density at radius 1 is 1.15 bits per heavy atom. The van der Waals surface area contributed by atoms with E-state index in [4.69, 9.17) is 16.6 Å². The van der Waals surface area contributed by atoms with Crippen molar-refractivity contribution >= 4 is 40.6 Å². The van der Waals surface area contributed by atoms with Crippen LogP contribution in [0.3, 0.4) is 0 Å². The molecule has 3 aromatic heterocycles. The highest BCUT2D eigenvalue weighted by atomic mass is 35.5. The zero-order valence-corrected chi connectivity index (χ0v) is 24.9. The molecule has 202 valence electrons. The molecule has 1 saturated carbocycles. The van der Waals surface area contributed by atoms with Crippen molar-refractivity contribution in [1.29, 1.82) is 0 Å². The number of aromatic nitrogens is 5. The van der Waals surface area contributed by atoms with Gasteiger partial charge in [0, 0.05) is 40.9 Å². The number of carbonyl (C=O) groups excluding carboxylic acids is 1. The average Bonchev–Trinajstić information content (AvgIpc) is 3.59. The van der Waals surface area contributed by atoms with Gasteiger partial charge < -0.3 is 4.90 Å². The fraction of sp³-hybridized carbons (Fsp3) is 0.414. The van der Waals surface area contributed by atoms with Gasteiger partial charge in [-0.15, -0.1) is 21.5 Å². The maximum atomic E-state index is 13.5. The maximum absolute atomic E-state index is 13.5. The van der Waals surface area contributed by atoms with Crippen molar-refractivity contribution in [2.24, 2.45) is 10.8 Å². The largest absolute Gasteiger partial charge is 0.334 e. The minimum atomic E-state index is 0.0617. The third-order valence-corrected chi connectivity index (χ3v) is 9.96. The summed E-state index contributed by atoms with van der Waals surface area (Å²) in [4.78, 5) is 24.5. The molecule has 1 aliphatic heterocycles. The Morgan fingerprint density at radius 3 is 2.74 bits per heavy atom. The summed E-state index contributed by atoms with van der Waals surface area (Å²) in [6, 6.07) is 9.95. The molecular formula is C29H31ClN6OS2. The number of benzene rings is 1. The van der Waals surface area contributed by atoms with Gasteiger partial charge in [0.25, 0.3) is 5.91 Å². The SMILES string of the molecule is Cc1ccc(Cl)cc1-n1c(SCc2nc(C(=O)N3CC4(C)CC3CC(C)(C)C4)cs2)nnc1-c1ccncc1. The normalized spacial score (nSPS) is 21.9. The van der Waals surface area contributed by atoms with Gasteiger partial charge in [-0.3, -0.25) is 14.3 Å². The van der Waals surface area contributed by atoms with Gasteiger partial charge in [-0.2, -0.15) is 0 Å². The first-order valence-electron chi connectivity index (χ1n) is 13.1. The Balaban J connectivity index is 1.24. The molecule has 1 aliphatic carbocycles. The fourth-order valence-corrected chi connectivity index (χ4v) is 8.44. The minimum absolute atomic E-state index is 0.0617. The molecule has 10 heteroatoms. The van der Waals surface area contributed by atoms with E-state index in [1.807, 2.05) is 47.2 Å². The summed E-state index contributed by atoms with van der Waals surface area (Å²) in [5, 5.41) is 13.2. The highest BCUT2D eigenvalue weighted by molar-refractivity contribution is 7.98. The summed E-state index contributed by atoms with van der Waals surface area (Å²) >= 11 is 9.46. The van der Waals surface area contributed by atoms with Crippen LogP contribution in [0, 0.1) is 17.8 Å². The molecule has 0 radical (unpaired) electrons. The minimum Gasteiger partial charge on any atom is -0.334 e. The van der Waals surface area contributed by atoms with Crippen LogP contribution in [-0.4, -0.2) is 48.1 Å². The van der Waals surface area contributed by atoms with Crippen molar-refractivity contribution in [2.75, 3.05) is 6.54 Å². The number of nitrogens with zero attached hydrogens (tertiary/aromatic N) is 6. The number of aryl methyl sites for hydroxylation is 1. The lowest BCUT2D eigenvalue weighted by Gasteiger charge is -2.39. The predicted molar refractivity (Wildman–Crippen MR) is 157 cm³/mol. The molecule has 2 aliphatic rings. The molecule has 2 fully saturated rings. The van der Waals surface area contributed by atoms with Crippen molar-refractivity contribution in [3.05, 3.63) is 69.4 Å². The average molecular weight is 579 g/mol. The Labute approximate surface area is 242 Å². The Morgan fingerprint density at radius 2 is 1.95 bits per heavy atom. The molecule has 39 heavy (non-hydrogen) atoms. The van der Waals surface area contributed by atoms with Crippen LogP contribution >= 0.6 is 34.7 Å². The molecule has 1 aromatic carbocycles. The molecule has 4 aromatic rings. The summed E-state index contributed by atoms with van der Waals surface area (Å²) in [5.41, 5.74) is 3.92. The quantitative estimate of drug-likeness (QED) is 0.227. The number of halogens is 1. The van der Waals surface area contributed by atoms with Crippen LogP contribution in [0.1, 0.15) is 61.1 Å². The van der Waals surface area contributed by atoms with Gasteiger partial charge >= 0.3 is 0 Å². The lowest BCUT2D eigenvalue weighted by molar-refractivity contribution is 0.0703. The molecule has 6 rings (SSSR count). The predicted octanol–water partition coefficient (Wildman–Crippen LogP) is 7.08. The molecule has 2 atom stereocenters. The molecule has 2 unspecified atom stereocenters. The maximum Gasteiger partial charge on any atom is 0.273 e. The van der Waals surface area contributed by atoms with Gasteiger partial charge in [-0.1, -0.05) is 50.2 Å². The van der Waals surface area contributed by atoms with Gasteiger partial charge in [0.2, 0.25) is 0 Å². The van der Waals surface area contributed by atoms with E-state index in [1.165, 1.54) is 11.3 Å². The van der Waals surface area contributed by atoms with Crippen LogP contribution in [0.4, 0.5) is 0 Å². The van der Waals surface area contributed by atoms with E-state index in [0.717, 1.165) is 58.6 Å². The molecule has 0 spiro atoms. The number of fused-ring (bicyclic) bond motifs is 2. The van der Waals surface area contributed by atoms with E-state index in [9.17, 15) is 4.79 Å². The van der Waals surface area contributed by atoms with Crippen LogP contribution in [0.5, 0.6) is 0 Å². The molecule has 1 saturated heterocycles. The van der Waals surface area contributed by atoms with Gasteiger partial charge in [-0.25, -0.2) is 4.98 Å². The number of likely N-dealkylation sites (tertiary alicyclic amines) is 1. The number of carbonyl (C=O) groups is 1. The molecule has 0 N–H and O–H groups in total. The number of pyridine rings is 1. The summed E-state index contributed by atoms with van der Waals surface area (Å²) < 4.78 is 2.04. The highest BCUT2D eigenvalue weighted by Gasteiger charge is 2.51. The smallest absolute Gasteiger partial charge is 0.273 e. The lowest BCUT2D eigenvalue weighted by Crippen LogP contribution is -2.37. The van der Waals surface area contributed by atoms with Crippen molar-refractivity contribution in [1.82, 2.24) is 29.6 Å². The Bertz CT molecular complexity index is 1530. The van der Waals surface area contributed by atoms with E-state index < -0.39 is 0 Å². The lowest BCUT2D eigenvalue weighted by atomic mass is 9.65. The molecule has 1 amide bonds. The highest BCUT2D eigenvalue weighted by Crippen LogP contribution is 2.52. The van der Waals surface area contributed by atoms with E-state index in [-0.39, 0.29) is 16.7 Å². The van der Waals surface area contributed by atoms with E-state index >= 15 is 0 Å². The number of thioether (sulfide) groups is 1. The van der Waals surface area contributed by atoms with Crippen molar-refractivity contribution in [3.8, 4) is 17.1 Å². The second-order valence-electron chi connectivity index (χ2n) is 11.9. The van der Waals surface area contributed by atoms with Gasteiger partial charge in [0.15, 0.2) is 11.0 Å². The summed E-state index contributed by atoms with van der Waals surface area (Å²) in [7, 11) is 0. The number of rotatable bonds is 6. The third-order valence-electron chi connectivity index (χ3n) is 7.76. The first-order valence-corrected chi connectivity index (χ1v) is 15.4. The number of hydrogen-bond donors (Lipinski definition) is 0. The first-order chi connectivity index (χ1) is 18.6. The second kappa shape index (κ2) is 10.0. The van der Waals surface area contributed by atoms with Gasteiger partial charge in [0.1, 0.15) is 10.7 Å². The van der Waals surface area contributed by atoms with Gasteiger partial charge in [-0.05, 0) is 66.8 Å². The summed E-state index contributed by atoms with van der Waals surface area (Å²) in [6.45, 7) is 9.85. The zero-order valence-electron chi connectivity index (χ0n) is 22.5. The van der Waals surface area contributed by atoms with Crippen LogP contribution in [0.25, 0.3) is 17.1 Å². The molecule has 2 bridgehead atoms. The van der Waals surface area contributed by atoms with E-state index in [0.29, 0.717) is 22.5 Å². The number of amides is 1. The number of thiazole rings is 1. The fourth-order valence-electron chi connectivity index (χ4n) is 6.54. The summed E-state index contributed by atoms with van der Waals surface area (Å²) in [6.07, 6.45) is 6.80. The molecule has 7 nitrogen and oxygen atoms in total. The van der Waals surface area contributed by atoms with Gasteiger partial charge in [0.05, 0.1) is 11.4 Å². The van der Waals surface area contributed by atoms with Crippen molar-refractivity contribution in [3.63, 3.8) is 0 Å². The number of hydrogen-bond acceptors (Lipinski definition) is 7. The van der Waals surface area contributed by atoms with E-state index in [2.05, 4.69) is 40.9 Å². The van der Waals surface area contributed by atoms with Crippen LogP contribution in [0.2, 0.25) is 5.02 Å². The van der Waals surface area contributed by atoms with Crippen LogP contribution < -0.4 is 0 Å².